The van der Waals surface area contributed by atoms with Gasteiger partial charge in [0.15, 0.2) is 0 Å². The molecule has 2 rings (SSSR count). The predicted octanol–water partition coefficient (Wildman–Crippen LogP) is 3.49. The number of hydrogen-bond donors (Lipinski definition) is 1. The van der Waals surface area contributed by atoms with Gasteiger partial charge >= 0.3 is 0 Å². The fourth-order valence-electron chi connectivity index (χ4n) is 2.66. The van der Waals surface area contributed by atoms with E-state index in [0.29, 0.717) is 12.0 Å². The molecule has 1 aromatic rings. The first-order valence-corrected chi connectivity index (χ1v) is 7.75. The van der Waals surface area contributed by atoms with E-state index in [1.54, 1.807) is 0 Å². The van der Waals surface area contributed by atoms with Crippen LogP contribution in [0.25, 0.3) is 0 Å². The molecule has 3 heteroatoms. The minimum absolute atomic E-state index is 0.430. The van der Waals surface area contributed by atoms with Crippen LogP contribution in [0.4, 0.5) is 5.69 Å². The maximum absolute atomic E-state index is 5.98. The van der Waals surface area contributed by atoms with Gasteiger partial charge in [0, 0.05) is 35.8 Å². The molecule has 18 heavy (non-hydrogen) atoms. The fourth-order valence-corrected chi connectivity index (χ4v) is 3.51. The van der Waals surface area contributed by atoms with Crippen LogP contribution < -0.4 is 10.6 Å². The highest BCUT2D eigenvalue weighted by molar-refractivity contribution is 7.99. The van der Waals surface area contributed by atoms with E-state index >= 15 is 0 Å². The third-order valence-corrected chi connectivity index (χ3v) is 4.61. The van der Waals surface area contributed by atoms with Gasteiger partial charge in [0.2, 0.25) is 0 Å². The number of rotatable bonds is 4. The normalized spacial score (nSPS) is 18.3. The summed E-state index contributed by atoms with van der Waals surface area (Å²) in [5, 5.41) is 0. The van der Waals surface area contributed by atoms with Crippen LogP contribution in [0, 0.1) is 5.41 Å². The molecule has 2 nitrogen and oxygen atoms in total. The molecule has 0 aliphatic carbocycles. The van der Waals surface area contributed by atoms with E-state index in [-0.39, 0.29) is 0 Å². The van der Waals surface area contributed by atoms with E-state index in [9.17, 15) is 0 Å². The molecule has 1 aliphatic rings. The molecule has 1 saturated heterocycles. The molecule has 0 atom stereocenters. The van der Waals surface area contributed by atoms with Gasteiger partial charge < -0.3 is 10.6 Å². The Hall–Kier alpha value is -0.670. The molecule has 0 saturated carbocycles. The van der Waals surface area contributed by atoms with Crippen molar-refractivity contribution in [1.29, 1.82) is 0 Å². The Morgan fingerprint density at radius 2 is 2.17 bits per heavy atom. The fraction of sp³-hybridized carbons (Fsp3) is 0.600. The summed E-state index contributed by atoms with van der Waals surface area (Å²) in [6, 6.07) is 6.59. The highest BCUT2D eigenvalue weighted by Gasteiger charge is 2.30. The van der Waals surface area contributed by atoms with Gasteiger partial charge in [-0.15, -0.1) is 11.8 Å². The smallest absolute Gasteiger partial charge is 0.0423 e. The lowest BCUT2D eigenvalue weighted by molar-refractivity contribution is 0.418. The Balaban J connectivity index is 2.30. The largest absolute Gasteiger partial charge is 0.371 e. The van der Waals surface area contributed by atoms with E-state index in [0.717, 1.165) is 18.8 Å². The van der Waals surface area contributed by atoms with Crippen LogP contribution in [0.1, 0.15) is 32.8 Å². The molecule has 2 N–H and O–H groups in total. The molecule has 0 spiro atoms. The average Bonchev–Trinajstić information content (AvgIpc) is 2.70. The molecule has 1 heterocycles. The summed E-state index contributed by atoms with van der Waals surface area (Å²) in [5.74, 6) is 1.10. The van der Waals surface area contributed by atoms with Crippen molar-refractivity contribution in [2.45, 2.75) is 38.6 Å². The van der Waals surface area contributed by atoms with Crippen LogP contribution in [0.5, 0.6) is 0 Å². The molecule has 0 bridgehead atoms. The highest BCUT2D eigenvalue weighted by Crippen LogP contribution is 2.36. The van der Waals surface area contributed by atoms with Gasteiger partial charge in [-0.3, -0.25) is 0 Å². The third kappa shape index (κ3) is 2.83. The summed E-state index contributed by atoms with van der Waals surface area (Å²) in [5.41, 5.74) is 9.08. The molecule has 100 valence electrons. The van der Waals surface area contributed by atoms with E-state index in [2.05, 4.69) is 43.9 Å². The van der Waals surface area contributed by atoms with Gasteiger partial charge in [0.25, 0.3) is 0 Å². The lowest BCUT2D eigenvalue weighted by Gasteiger charge is -2.25. The Labute approximate surface area is 115 Å². The number of anilines is 1. The second-order valence-electron chi connectivity index (χ2n) is 5.73. The molecule has 0 unspecified atom stereocenters. The van der Waals surface area contributed by atoms with Gasteiger partial charge in [-0.2, -0.15) is 0 Å². The maximum Gasteiger partial charge on any atom is 0.0423 e. The quantitative estimate of drug-likeness (QED) is 0.844. The molecule has 0 radical (unpaired) electrons. The van der Waals surface area contributed by atoms with Crippen molar-refractivity contribution in [3.8, 4) is 0 Å². The minimum Gasteiger partial charge on any atom is -0.371 e. The first kappa shape index (κ1) is 13.8. The van der Waals surface area contributed by atoms with Crippen LogP contribution >= 0.6 is 11.8 Å². The second kappa shape index (κ2) is 5.54. The van der Waals surface area contributed by atoms with E-state index in [1.165, 1.54) is 22.6 Å². The summed E-state index contributed by atoms with van der Waals surface area (Å²) in [6.45, 7) is 9.81. The van der Waals surface area contributed by atoms with Gasteiger partial charge in [-0.25, -0.2) is 0 Å². The number of thioether (sulfide) groups is 1. The Morgan fingerprint density at radius 3 is 2.72 bits per heavy atom. The van der Waals surface area contributed by atoms with Gasteiger partial charge in [0.05, 0.1) is 0 Å². The standard InChI is InChI=1S/C15H24N2S/c1-4-18-14-7-5-6-13(12(14)10-16)17-9-8-15(2,3)11-17/h5-7H,4,8-11,16H2,1-3H3. The molecule has 1 aromatic carbocycles. The predicted molar refractivity (Wildman–Crippen MR) is 81.3 cm³/mol. The zero-order valence-electron chi connectivity index (χ0n) is 11.7. The summed E-state index contributed by atoms with van der Waals surface area (Å²) < 4.78 is 0. The van der Waals surface area contributed by atoms with Crippen molar-refractivity contribution in [3.63, 3.8) is 0 Å². The Kier molecular flexibility index (Phi) is 4.23. The van der Waals surface area contributed by atoms with Crippen LogP contribution in [0.3, 0.4) is 0 Å². The Bertz CT molecular complexity index is 415. The lowest BCUT2D eigenvalue weighted by Crippen LogP contribution is -2.24. The van der Waals surface area contributed by atoms with Crippen molar-refractivity contribution in [1.82, 2.24) is 0 Å². The zero-order chi connectivity index (χ0) is 13.2. The minimum atomic E-state index is 0.430. The summed E-state index contributed by atoms with van der Waals surface area (Å²) in [4.78, 5) is 3.85. The number of nitrogens with two attached hydrogens (primary N) is 1. The zero-order valence-corrected chi connectivity index (χ0v) is 12.5. The van der Waals surface area contributed by atoms with Crippen molar-refractivity contribution in [2.24, 2.45) is 11.1 Å². The van der Waals surface area contributed by atoms with Gasteiger partial charge in [-0.1, -0.05) is 26.8 Å². The molecular weight excluding hydrogens is 240 g/mol. The van der Waals surface area contributed by atoms with Crippen LogP contribution in [-0.4, -0.2) is 18.8 Å². The maximum atomic E-state index is 5.98. The number of hydrogen-bond acceptors (Lipinski definition) is 3. The van der Waals surface area contributed by atoms with Gasteiger partial charge in [-0.05, 0) is 29.7 Å². The SMILES string of the molecule is CCSc1cccc(N2CCC(C)(C)C2)c1CN. The topological polar surface area (TPSA) is 29.3 Å². The monoisotopic (exact) mass is 264 g/mol. The first-order chi connectivity index (χ1) is 8.57. The van der Waals surface area contributed by atoms with Crippen LogP contribution in [0.15, 0.2) is 23.1 Å². The first-order valence-electron chi connectivity index (χ1n) is 6.77. The van der Waals surface area contributed by atoms with Crippen molar-refractivity contribution < 1.29 is 0 Å². The third-order valence-electron chi connectivity index (χ3n) is 3.63. The van der Waals surface area contributed by atoms with Gasteiger partial charge in [0.1, 0.15) is 0 Å². The van der Waals surface area contributed by atoms with E-state index in [4.69, 9.17) is 5.73 Å². The molecule has 1 aliphatic heterocycles. The van der Waals surface area contributed by atoms with Crippen LogP contribution in [-0.2, 0) is 6.54 Å². The lowest BCUT2D eigenvalue weighted by atomic mass is 9.93. The molecular formula is C15H24N2S. The van der Waals surface area contributed by atoms with Crippen molar-refractivity contribution in [2.75, 3.05) is 23.7 Å². The van der Waals surface area contributed by atoms with Crippen molar-refractivity contribution in [3.05, 3.63) is 23.8 Å². The molecule has 0 aromatic heterocycles. The van der Waals surface area contributed by atoms with Crippen LogP contribution in [0.2, 0.25) is 0 Å². The summed E-state index contributed by atoms with van der Waals surface area (Å²) >= 11 is 1.89. The summed E-state index contributed by atoms with van der Waals surface area (Å²) in [7, 11) is 0. The number of benzene rings is 1. The molecule has 0 amide bonds. The number of nitrogens with zero attached hydrogens (tertiary/aromatic N) is 1. The molecule has 1 fully saturated rings. The average molecular weight is 264 g/mol. The van der Waals surface area contributed by atoms with E-state index in [1.807, 2.05) is 11.8 Å². The summed E-state index contributed by atoms with van der Waals surface area (Å²) in [6.07, 6.45) is 1.27. The Morgan fingerprint density at radius 1 is 1.39 bits per heavy atom. The van der Waals surface area contributed by atoms with E-state index < -0.39 is 0 Å². The van der Waals surface area contributed by atoms with Crippen molar-refractivity contribution >= 4 is 17.4 Å². The highest BCUT2D eigenvalue weighted by atomic mass is 32.2. The second-order valence-corrected chi connectivity index (χ2v) is 7.03.